The van der Waals surface area contributed by atoms with Crippen LogP contribution in [0.4, 0.5) is 29.1 Å². The number of halogens is 4. The smallest absolute Gasteiger partial charge is 0.490 e. The number of hydrogen-bond donors (Lipinski definition) is 5. The highest BCUT2D eigenvalue weighted by Crippen LogP contribution is 2.29. The molecule has 2 aromatic heterocycles. The predicted octanol–water partition coefficient (Wildman–Crippen LogP) is 3.85. The van der Waals surface area contributed by atoms with Gasteiger partial charge in [0.15, 0.2) is 0 Å². The van der Waals surface area contributed by atoms with Crippen molar-refractivity contribution in [1.82, 2.24) is 25.6 Å². The van der Waals surface area contributed by atoms with E-state index < -0.39 is 12.1 Å². The van der Waals surface area contributed by atoms with Crippen molar-refractivity contribution in [3.63, 3.8) is 0 Å². The van der Waals surface area contributed by atoms with E-state index in [1.165, 1.54) is 12.1 Å². The van der Waals surface area contributed by atoms with Crippen LogP contribution in [0.15, 0.2) is 54.9 Å². The molecule has 1 amide bonds. The van der Waals surface area contributed by atoms with Gasteiger partial charge < -0.3 is 30.8 Å². The van der Waals surface area contributed by atoms with Crippen LogP contribution >= 0.6 is 0 Å². The lowest BCUT2D eigenvalue weighted by molar-refractivity contribution is -0.192. The minimum Gasteiger partial charge on any atom is -0.495 e. The fourth-order valence-corrected chi connectivity index (χ4v) is 3.53. The number of carbonyl (C=O) groups is 2. The van der Waals surface area contributed by atoms with E-state index in [0.717, 1.165) is 29.7 Å². The number of anilines is 2. The third-order valence-corrected chi connectivity index (χ3v) is 5.58. The molecule has 5 N–H and O–H groups in total. The van der Waals surface area contributed by atoms with Crippen molar-refractivity contribution < 1.29 is 37.0 Å². The molecule has 0 unspecified atom stereocenters. The molecule has 1 fully saturated rings. The molecule has 0 spiro atoms. The first-order chi connectivity index (χ1) is 18.5. The highest BCUT2D eigenvalue weighted by molar-refractivity contribution is 5.95. The molecule has 0 aliphatic carbocycles. The molecular weight excluding hydrogens is 524 g/mol. The van der Waals surface area contributed by atoms with Gasteiger partial charge in [0.1, 0.15) is 23.1 Å². The van der Waals surface area contributed by atoms with Crippen LogP contribution in [0.3, 0.4) is 0 Å². The van der Waals surface area contributed by atoms with E-state index in [-0.39, 0.29) is 17.8 Å². The van der Waals surface area contributed by atoms with E-state index in [1.807, 2.05) is 6.07 Å². The lowest BCUT2D eigenvalue weighted by Crippen LogP contribution is -2.56. The first kappa shape index (κ1) is 27.3. The molecule has 5 rings (SSSR count). The average Bonchev–Trinajstić information content (AvgIpc) is 3.29. The number of alkyl halides is 3. The SMILES string of the molecule is COc1cc(C(=O)NC2CNC2)ccc1Nc1cncc(-c2cc3cc(F)ccc3[nH]2)n1.O=C(O)C(F)(F)F. The average molecular weight is 546 g/mol. The molecule has 1 aliphatic rings. The highest BCUT2D eigenvalue weighted by atomic mass is 19.4. The first-order valence-corrected chi connectivity index (χ1v) is 11.4. The molecule has 0 saturated carbocycles. The number of benzene rings is 2. The quantitative estimate of drug-likeness (QED) is 0.230. The number of H-pyrrole nitrogens is 1. The number of aromatic amines is 1. The number of rotatable bonds is 6. The van der Waals surface area contributed by atoms with Crippen LogP contribution in [0.25, 0.3) is 22.3 Å². The monoisotopic (exact) mass is 546 g/mol. The molecule has 0 radical (unpaired) electrons. The Hall–Kier alpha value is -4.72. The maximum atomic E-state index is 13.5. The summed E-state index contributed by atoms with van der Waals surface area (Å²) in [6.45, 7) is 1.56. The Kier molecular flexibility index (Phi) is 7.95. The van der Waals surface area contributed by atoms with Crippen molar-refractivity contribution in [1.29, 1.82) is 0 Å². The van der Waals surface area contributed by atoms with Gasteiger partial charge in [0.25, 0.3) is 5.91 Å². The van der Waals surface area contributed by atoms with Crippen molar-refractivity contribution in [3.8, 4) is 17.1 Å². The van der Waals surface area contributed by atoms with Crippen molar-refractivity contribution in [3.05, 3.63) is 66.2 Å². The Labute approximate surface area is 218 Å². The van der Waals surface area contributed by atoms with Gasteiger partial charge in [0.2, 0.25) is 0 Å². The molecule has 10 nitrogen and oxygen atoms in total. The summed E-state index contributed by atoms with van der Waals surface area (Å²) in [4.78, 5) is 33.4. The maximum absolute atomic E-state index is 13.5. The van der Waals surface area contributed by atoms with E-state index in [9.17, 15) is 22.4 Å². The normalized spacial score (nSPS) is 13.2. The zero-order valence-corrected chi connectivity index (χ0v) is 20.3. The van der Waals surface area contributed by atoms with Gasteiger partial charge in [-0.25, -0.2) is 14.2 Å². The lowest BCUT2D eigenvalue weighted by Gasteiger charge is -2.28. The topological polar surface area (TPSA) is 141 Å². The van der Waals surface area contributed by atoms with Crippen molar-refractivity contribution in [2.45, 2.75) is 12.2 Å². The fraction of sp³-hybridized carbons (Fsp3) is 0.200. The summed E-state index contributed by atoms with van der Waals surface area (Å²) in [6, 6.07) is 11.7. The highest BCUT2D eigenvalue weighted by Gasteiger charge is 2.38. The Morgan fingerprint density at radius 1 is 1.10 bits per heavy atom. The largest absolute Gasteiger partial charge is 0.495 e. The minimum absolute atomic E-state index is 0.140. The third-order valence-electron chi connectivity index (χ3n) is 5.58. The molecule has 1 aliphatic heterocycles. The summed E-state index contributed by atoms with van der Waals surface area (Å²) < 4.78 is 50.7. The van der Waals surface area contributed by atoms with Crippen molar-refractivity contribution in [2.24, 2.45) is 0 Å². The van der Waals surface area contributed by atoms with Crippen LogP contribution in [0.2, 0.25) is 0 Å². The van der Waals surface area contributed by atoms with Crippen LogP contribution in [-0.2, 0) is 4.79 Å². The van der Waals surface area contributed by atoms with Crippen LogP contribution < -0.4 is 20.7 Å². The standard InChI is InChI=1S/C23H21FN6O2.C2HF3O2/c1-32-21-8-13(23(31)27-16-9-25-10-16)2-4-18(21)29-22-12-26-11-20(30-22)19-7-14-6-15(24)3-5-17(14)28-19;3-2(4,5)1(6)7/h2-8,11-12,16,25,28H,9-10H2,1H3,(H,27,31)(H,29,30);(H,6,7). The van der Waals surface area contributed by atoms with Crippen LogP contribution in [0.1, 0.15) is 10.4 Å². The summed E-state index contributed by atoms with van der Waals surface area (Å²) in [5.74, 6) is -2.18. The predicted molar refractivity (Wildman–Crippen MR) is 133 cm³/mol. The van der Waals surface area contributed by atoms with E-state index in [2.05, 4.69) is 30.9 Å². The van der Waals surface area contributed by atoms with Gasteiger partial charge in [-0.15, -0.1) is 0 Å². The van der Waals surface area contributed by atoms with Crippen LogP contribution in [-0.4, -0.2) is 64.4 Å². The molecule has 3 heterocycles. The number of methoxy groups -OCH3 is 1. The number of carbonyl (C=O) groups excluding carboxylic acids is 1. The number of ether oxygens (including phenoxy) is 1. The molecule has 39 heavy (non-hydrogen) atoms. The number of hydrogen-bond acceptors (Lipinski definition) is 7. The molecule has 0 atom stereocenters. The summed E-state index contributed by atoms with van der Waals surface area (Å²) in [7, 11) is 1.55. The fourth-order valence-electron chi connectivity index (χ4n) is 3.53. The number of nitrogens with one attached hydrogen (secondary N) is 4. The van der Waals surface area contributed by atoms with E-state index in [0.29, 0.717) is 28.5 Å². The van der Waals surface area contributed by atoms with Gasteiger partial charge in [0, 0.05) is 29.6 Å². The van der Waals surface area contributed by atoms with Gasteiger partial charge in [-0.3, -0.25) is 9.78 Å². The number of aromatic nitrogens is 3. The zero-order chi connectivity index (χ0) is 28.2. The minimum atomic E-state index is -5.08. The van der Waals surface area contributed by atoms with Gasteiger partial charge >= 0.3 is 12.1 Å². The van der Waals surface area contributed by atoms with Gasteiger partial charge in [-0.2, -0.15) is 13.2 Å². The zero-order valence-electron chi connectivity index (χ0n) is 20.3. The Balaban J connectivity index is 0.000000448. The molecule has 2 aromatic carbocycles. The number of carboxylic acids is 1. The second-order valence-electron chi connectivity index (χ2n) is 8.38. The molecule has 14 heteroatoms. The Bertz CT molecular complexity index is 1500. The number of nitrogens with zero attached hydrogens (tertiary/aromatic N) is 2. The number of amides is 1. The second kappa shape index (κ2) is 11.3. The van der Waals surface area contributed by atoms with Gasteiger partial charge in [-0.1, -0.05) is 0 Å². The molecule has 204 valence electrons. The Morgan fingerprint density at radius 3 is 2.49 bits per heavy atom. The summed E-state index contributed by atoms with van der Waals surface area (Å²) in [5, 5.41) is 17.2. The summed E-state index contributed by atoms with van der Waals surface area (Å²) >= 11 is 0. The first-order valence-electron chi connectivity index (χ1n) is 11.4. The number of fused-ring (bicyclic) bond motifs is 1. The Morgan fingerprint density at radius 2 is 1.85 bits per heavy atom. The maximum Gasteiger partial charge on any atom is 0.490 e. The van der Waals surface area contributed by atoms with E-state index in [4.69, 9.17) is 14.6 Å². The summed E-state index contributed by atoms with van der Waals surface area (Å²) in [5.41, 5.74) is 3.32. The summed E-state index contributed by atoms with van der Waals surface area (Å²) in [6.07, 6.45) is -1.86. The van der Waals surface area contributed by atoms with E-state index >= 15 is 0 Å². The third kappa shape index (κ3) is 6.78. The van der Waals surface area contributed by atoms with E-state index in [1.54, 1.807) is 43.8 Å². The van der Waals surface area contributed by atoms with Crippen LogP contribution in [0.5, 0.6) is 5.75 Å². The number of carboxylic acid groups (broad SMARTS) is 1. The van der Waals surface area contributed by atoms with Crippen molar-refractivity contribution in [2.75, 3.05) is 25.5 Å². The molecule has 0 bridgehead atoms. The van der Waals surface area contributed by atoms with Gasteiger partial charge in [-0.05, 0) is 42.5 Å². The van der Waals surface area contributed by atoms with Crippen molar-refractivity contribution >= 4 is 34.3 Å². The number of aliphatic carboxylic acids is 1. The molecule has 1 saturated heterocycles. The van der Waals surface area contributed by atoms with Gasteiger partial charge in [0.05, 0.1) is 36.9 Å². The van der Waals surface area contributed by atoms with Crippen LogP contribution in [0, 0.1) is 5.82 Å². The lowest BCUT2D eigenvalue weighted by atomic mass is 10.1. The molecular formula is C25H22F4N6O4. The second-order valence-corrected chi connectivity index (χ2v) is 8.38. The molecule has 4 aromatic rings.